The minimum absolute atomic E-state index is 0.0207. The molecule has 0 radical (unpaired) electrons. The zero-order chi connectivity index (χ0) is 20.0. The van der Waals surface area contributed by atoms with E-state index in [1.807, 2.05) is 0 Å². The van der Waals surface area contributed by atoms with Gasteiger partial charge in [0.15, 0.2) is 6.10 Å². The minimum Gasteiger partial charge on any atom is -0.495 e. The van der Waals surface area contributed by atoms with Crippen LogP contribution in [0.5, 0.6) is 5.75 Å². The number of fused-ring (bicyclic) bond motifs is 1. The van der Waals surface area contributed by atoms with Crippen molar-refractivity contribution in [3.8, 4) is 5.75 Å². The van der Waals surface area contributed by atoms with Crippen LogP contribution in [0.3, 0.4) is 0 Å². The number of carbonyl (C=O) groups excluding carboxylic acids is 2. The maximum absolute atomic E-state index is 13.1. The van der Waals surface area contributed by atoms with Crippen LogP contribution >= 0.6 is 11.6 Å². The molecule has 10 heteroatoms. The highest BCUT2D eigenvalue weighted by molar-refractivity contribution is 6.33. The van der Waals surface area contributed by atoms with Gasteiger partial charge >= 0.3 is 0 Å². The Hall–Kier alpha value is -3.43. The van der Waals surface area contributed by atoms with Crippen LogP contribution in [0.4, 0.5) is 11.4 Å². The van der Waals surface area contributed by atoms with Crippen LogP contribution in [0.2, 0.25) is 5.02 Å². The Kier molecular flexibility index (Phi) is 4.25. The Labute approximate surface area is 163 Å². The number of hydroxylamine groups is 1. The SMILES string of the molecule is COc1ccc([N+](=O)[O-])cc1N1C(=O)C2=C(c3ccc(Cl)cc3)NO[C@@H]2C1=O. The summed E-state index contributed by atoms with van der Waals surface area (Å²) in [7, 11) is 1.34. The van der Waals surface area contributed by atoms with Gasteiger partial charge in [-0.1, -0.05) is 23.7 Å². The molecule has 0 aliphatic carbocycles. The van der Waals surface area contributed by atoms with Crippen molar-refractivity contribution < 1.29 is 24.1 Å². The molecule has 28 heavy (non-hydrogen) atoms. The summed E-state index contributed by atoms with van der Waals surface area (Å²) in [5.74, 6) is -1.17. The predicted molar refractivity (Wildman–Crippen MR) is 98.5 cm³/mol. The molecule has 1 N–H and O–H groups in total. The number of nitro groups is 1. The molecule has 2 aromatic carbocycles. The molecule has 2 amide bonds. The Morgan fingerprint density at radius 1 is 1.21 bits per heavy atom. The summed E-state index contributed by atoms with van der Waals surface area (Å²) in [6.45, 7) is 0. The molecule has 1 atom stereocenters. The molecule has 0 bridgehead atoms. The number of anilines is 1. The van der Waals surface area contributed by atoms with Gasteiger partial charge in [0.05, 0.1) is 23.3 Å². The molecule has 9 nitrogen and oxygen atoms in total. The summed E-state index contributed by atoms with van der Waals surface area (Å²) in [5, 5.41) is 11.6. The number of nitro benzene ring substituents is 1. The number of nitrogens with one attached hydrogen (secondary N) is 1. The fourth-order valence-electron chi connectivity index (χ4n) is 3.12. The van der Waals surface area contributed by atoms with Crippen molar-refractivity contribution in [3.05, 3.63) is 68.7 Å². The van der Waals surface area contributed by atoms with Crippen molar-refractivity contribution >= 4 is 40.5 Å². The number of hydrogen-bond donors (Lipinski definition) is 1. The van der Waals surface area contributed by atoms with E-state index >= 15 is 0 Å². The summed E-state index contributed by atoms with van der Waals surface area (Å²) in [5.41, 5.74) is 3.37. The first-order valence-corrected chi connectivity index (χ1v) is 8.42. The van der Waals surface area contributed by atoms with Crippen molar-refractivity contribution in [3.63, 3.8) is 0 Å². The highest BCUT2D eigenvalue weighted by Gasteiger charge is 2.51. The number of amides is 2. The maximum atomic E-state index is 13.1. The number of imide groups is 1. The molecule has 2 aliphatic heterocycles. The third-order valence-corrected chi connectivity index (χ3v) is 4.69. The lowest BCUT2D eigenvalue weighted by Gasteiger charge is -2.18. The van der Waals surface area contributed by atoms with E-state index in [1.54, 1.807) is 24.3 Å². The Bertz CT molecular complexity index is 1050. The summed E-state index contributed by atoms with van der Waals surface area (Å²) in [6, 6.07) is 10.3. The minimum atomic E-state index is -1.16. The van der Waals surface area contributed by atoms with Crippen LogP contribution in [-0.4, -0.2) is 30.0 Å². The summed E-state index contributed by atoms with van der Waals surface area (Å²) >= 11 is 5.89. The number of ether oxygens (including phenoxy) is 1. The average molecular weight is 402 g/mol. The highest BCUT2D eigenvalue weighted by Crippen LogP contribution is 2.40. The zero-order valence-corrected chi connectivity index (χ0v) is 15.1. The predicted octanol–water partition coefficient (Wildman–Crippen LogP) is 2.44. The van der Waals surface area contributed by atoms with Gasteiger partial charge in [-0.15, -0.1) is 0 Å². The zero-order valence-electron chi connectivity index (χ0n) is 14.3. The van der Waals surface area contributed by atoms with Gasteiger partial charge in [0.2, 0.25) is 0 Å². The topological polar surface area (TPSA) is 111 Å². The lowest BCUT2D eigenvalue weighted by molar-refractivity contribution is -0.384. The van der Waals surface area contributed by atoms with Crippen molar-refractivity contribution in [1.82, 2.24) is 5.48 Å². The van der Waals surface area contributed by atoms with Gasteiger partial charge < -0.3 is 4.74 Å². The van der Waals surface area contributed by atoms with Gasteiger partial charge in [0.1, 0.15) is 11.4 Å². The third-order valence-electron chi connectivity index (χ3n) is 4.44. The summed E-state index contributed by atoms with van der Waals surface area (Å²) < 4.78 is 5.18. The molecule has 0 saturated carbocycles. The lowest BCUT2D eigenvalue weighted by Crippen LogP contribution is -2.34. The molecule has 0 aromatic heterocycles. The van der Waals surface area contributed by atoms with E-state index < -0.39 is 22.8 Å². The molecule has 142 valence electrons. The van der Waals surface area contributed by atoms with Gasteiger partial charge in [0.25, 0.3) is 17.5 Å². The number of carbonyl (C=O) groups is 2. The second kappa shape index (κ2) is 6.63. The van der Waals surface area contributed by atoms with Crippen LogP contribution < -0.4 is 15.1 Å². The Morgan fingerprint density at radius 2 is 1.93 bits per heavy atom. The van der Waals surface area contributed by atoms with Gasteiger partial charge in [-0.25, -0.2) is 4.90 Å². The van der Waals surface area contributed by atoms with E-state index in [-0.39, 0.29) is 22.7 Å². The number of methoxy groups -OCH3 is 1. The largest absolute Gasteiger partial charge is 0.495 e. The van der Waals surface area contributed by atoms with E-state index in [1.165, 1.54) is 19.2 Å². The number of hydrogen-bond acceptors (Lipinski definition) is 7. The highest BCUT2D eigenvalue weighted by atomic mass is 35.5. The summed E-state index contributed by atoms with van der Waals surface area (Å²) in [6.07, 6.45) is -1.16. The molecule has 2 aromatic rings. The van der Waals surface area contributed by atoms with Gasteiger partial charge in [-0.3, -0.25) is 30.0 Å². The maximum Gasteiger partial charge on any atom is 0.271 e. The smallest absolute Gasteiger partial charge is 0.271 e. The van der Waals surface area contributed by atoms with Crippen molar-refractivity contribution in [2.75, 3.05) is 12.0 Å². The van der Waals surface area contributed by atoms with E-state index in [9.17, 15) is 19.7 Å². The second-order valence-electron chi connectivity index (χ2n) is 5.99. The van der Waals surface area contributed by atoms with Crippen molar-refractivity contribution in [2.24, 2.45) is 0 Å². The quantitative estimate of drug-likeness (QED) is 0.475. The first-order chi connectivity index (χ1) is 13.4. The third kappa shape index (κ3) is 2.68. The fourth-order valence-corrected chi connectivity index (χ4v) is 3.25. The molecule has 2 aliphatic rings. The van der Waals surface area contributed by atoms with E-state index in [2.05, 4.69) is 5.48 Å². The molecule has 0 spiro atoms. The number of halogens is 1. The molecule has 2 heterocycles. The van der Waals surface area contributed by atoms with Crippen LogP contribution in [-0.2, 0) is 14.4 Å². The molecule has 1 saturated heterocycles. The number of benzene rings is 2. The first-order valence-electron chi connectivity index (χ1n) is 8.05. The Balaban J connectivity index is 1.82. The summed E-state index contributed by atoms with van der Waals surface area (Å²) in [4.78, 5) is 42.6. The molecule has 0 unspecified atom stereocenters. The fraction of sp³-hybridized carbons (Fsp3) is 0.111. The van der Waals surface area contributed by atoms with E-state index in [4.69, 9.17) is 21.2 Å². The van der Waals surface area contributed by atoms with Gasteiger partial charge in [-0.2, -0.15) is 0 Å². The molecular weight excluding hydrogens is 390 g/mol. The first kappa shape index (κ1) is 18.0. The van der Waals surface area contributed by atoms with Crippen LogP contribution in [0.1, 0.15) is 5.56 Å². The molecule has 4 rings (SSSR count). The Morgan fingerprint density at radius 3 is 2.57 bits per heavy atom. The van der Waals surface area contributed by atoms with Crippen LogP contribution in [0, 0.1) is 10.1 Å². The second-order valence-corrected chi connectivity index (χ2v) is 6.42. The van der Waals surface area contributed by atoms with Gasteiger partial charge in [-0.05, 0) is 18.2 Å². The van der Waals surface area contributed by atoms with Gasteiger partial charge in [0, 0.05) is 22.7 Å². The molecular formula is C18H12ClN3O6. The lowest BCUT2D eigenvalue weighted by atomic mass is 10.1. The van der Waals surface area contributed by atoms with Crippen LogP contribution in [0.25, 0.3) is 5.70 Å². The normalized spacial score (nSPS) is 18.4. The van der Waals surface area contributed by atoms with E-state index in [0.717, 1.165) is 11.0 Å². The van der Waals surface area contributed by atoms with Crippen molar-refractivity contribution in [1.29, 1.82) is 0 Å². The number of non-ortho nitro benzene ring substituents is 1. The van der Waals surface area contributed by atoms with Crippen LogP contribution in [0.15, 0.2) is 48.0 Å². The number of rotatable bonds is 4. The molecule has 1 fully saturated rings. The number of nitrogens with zero attached hydrogens (tertiary/aromatic N) is 2. The average Bonchev–Trinajstić information content (AvgIpc) is 3.22. The standard InChI is InChI=1S/C18H12ClN3O6/c1-27-13-7-6-11(22(25)26)8-12(13)21-17(23)14-15(20-28-16(14)18(21)24)9-2-4-10(19)5-3-9/h2-8,16,20H,1H3/t16-/m0/s1. The van der Waals surface area contributed by atoms with E-state index in [0.29, 0.717) is 16.3 Å². The monoisotopic (exact) mass is 401 g/mol. The van der Waals surface area contributed by atoms with Crippen molar-refractivity contribution in [2.45, 2.75) is 6.10 Å².